The molecule has 1 amide bonds. The number of nitrogens with one attached hydrogen (secondary N) is 1. The van der Waals surface area contributed by atoms with Crippen molar-refractivity contribution in [3.05, 3.63) is 0 Å². The fraction of sp³-hybridized carbons (Fsp3) is 0.909. The van der Waals surface area contributed by atoms with Crippen LogP contribution < -0.4 is 5.32 Å². The van der Waals surface area contributed by atoms with E-state index in [0.29, 0.717) is 13.0 Å². The largest absolute Gasteiger partial charge is 0.378 e. The first-order valence-corrected chi connectivity index (χ1v) is 5.79. The molecule has 0 aliphatic carbocycles. The molecule has 1 unspecified atom stereocenters. The van der Waals surface area contributed by atoms with E-state index in [1.165, 1.54) is 0 Å². The van der Waals surface area contributed by atoms with Crippen LogP contribution in [0.5, 0.6) is 0 Å². The highest BCUT2D eigenvalue weighted by atomic mass is 16.5. The Bertz CT molecular complexity index is 191. The molecule has 15 heavy (non-hydrogen) atoms. The van der Waals surface area contributed by atoms with Gasteiger partial charge in [0.1, 0.15) is 0 Å². The molecular weight excluding hydrogens is 192 g/mol. The molecule has 4 nitrogen and oxygen atoms in total. The summed E-state index contributed by atoms with van der Waals surface area (Å²) < 4.78 is 5.31. The van der Waals surface area contributed by atoms with E-state index in [0.717, 1.165) is 32.5 Å². The zero-order valence-electron chi connectivity index (χ0n) is 9.79. The molecule has 1 aliphatic rings. The topological polar surface area (TPSA) is 41.6 Å². The second-order valence-electron chi connectivity index (χ2n) is 4.10. The minimum Gasteiger partial charge on any atom is -0.378 e. The Balaban J connectivity index is 2.20. The second kappa shape index (κ2) is 6.80. The second-order valence-corrected chi connectivity index (χ2v) is 4.10. The van der Waals surface area contributed by atoms with Gasteiger partial charge in [0, 0.05) is 32.6 Å². The molecule has 4 heteroatoms. The molecule has 0 aromatic carbocycles. The van der Waals surface area contributed by atoms with E-state index in [9.17, 15) is 4.79 Å². The monoisotopic (exact) mass is 214 g/mol. The van der Waals surface area contributed by atoms with Gasteiger partial charge < -0.3 is 15.0 Å². The van der Waals surface area contributed by atoms with Crippen molar-refractivity contribution in [2.75, 3.05) is 33.4 Å². The quantitative estimate of drug-likeness (QED) is 0.729. The van der Waals surface area contributed by atoms with E-state index >= 15 is 0 Å². The lowest BCUT2D eigenvalue weighted by Crippen LogP contribution is -2.44. The van der Waals surface area contributed by atoms with Crippen molar-refractivity contribution < 1.29 is 9.53 Å². The summed E-state index contributed by atoms with van der Waals surface area (Å²) in [5, 5.41) is 3.29. The van der Waals surface area contributed by atoms with E-state index in [2.05, 4.69) is 12.2 Å². The van der Waals surface area contributed by atoms with Crippen molar-refractivity contribution in [2.24, 2.45) is 0 Å². The van der Waals surface area contributed by atoms with E-state index in [1.807, 2.05) is 11.9 Å². The Labute approximate surface area is 92.0 Å². The maximum atomic E-state index is 11.7. The van der Waals surface area contributed by atoms with Crippen LogP contribution in [0.3, 0.4) is 0 Å². The van der Waals surface area contributed by atoms with Crippen LogP contribution in [0.25, 0.3) is 0 Å². The van der Waals surface area contributed by atoms with Gasteiger partial charge in [0.25, 0.3) is 0 Å². The van der Waals surface area contributed by atoms with Gasteiger partial charge in [-0.1, -0.05) is 13.3 Å². The van der Waals surface area contributed by atoms with Crippen molar-refractivity contribution in [1.82, 2.24) is 10.2 Å². The molecule has 1 fully saturated rings. The third-order valence-electron chi connectivity index (χ3n) is 2.69. The number of hydrogen-bond donors (Lipinski definition) is 1. The third-order valence-corrected chi connectivity index (χ3v) is 2.69. The van der Waals surface area contributed by atoms with Gasteiger partial charge in [0.05, 0.1) is 13.2 Å². The fourth-order valence-electron chi connectivity index (χ4n) is 1.64. The van der Waals surface area contributed by atoms with Gasteiger partial charge >= 0.3 is 0 Å². The Morgan fingerprint density at radius 2 is 2.40 bits per heavy atom. The van der Waals surface area contributed by atoms with Crippen molar-refractivity contribution in [3.63, 3.8) is 0 Å². The summed E-state index contributed by atoms with van der Waals surface area (Å²) in [7, 11) is 1.88. The standard InChI is InChI=1S/C11H22N2O2/c1-3-4-6-13(2)11(14)8-10-9-15-7-5-12-10/h10,12H,3-9H2,1-2H3. The van der Waals surface area contributed by atoms with Crippen molar-refractivity contribution in [2.45, 2.75) is 32.2 Å². The lowest BCUT2D eigenvalue weighted by atomic mass is 10.2. The van der Waals surface area contributed by atoms with Gasteiger partial charge in [-0.2, -0.15) is 0 Å². The first-order chi connectivity index (χ1) is 7.24. The van der Waals surface area contributed by atoms with E-state index in [4.69, 9.17) is 4.74 Å². The van der Waals surface area contributed by atoms with E-state index in [-0.39, 0.29) is 11.9 Å². The van der Waals surface area contributed by atoms with Crippen LogP contribution in [-0.4, -0.2) is 50.2 Å². The predicted octanol–water partition coefficient (Wildman–Crippen LogP) is 0.623. The average molecular weight is 214 g/mol. The molecule has 0 radical (unpaired) electrons. The van der Waals surface area contributed by atoms with Crippen LogP contribution in [0.15, 0.2) is 0 Å². The Morgan fingerprint density at radius 1 is 1.60 bits per heavy atom. The number of amides is 1. The number of carbonyl (C=O) groups excluding carboxylic acids is 1. The summed E-state index contributed by atoms with van der Waals surface area (Å²) in [5.41, 5.74) is 0. The molecule has 0 saturated carbocycles. The SMILES string of the molecule is CCCCN(C)C(=O)CC1COCCN1. The summed E-state index contributed by atoms with van der Waals surface area (Å²) in [6.45, 7) is 5.28. The third kappa shape index (κ3) is 4.62. The minimum absolute atomic E-state index is 0.204. The molecule has 0 bridgehead atoms. The van der Waals surface area contributed by atoms with Gasteiger partial charge in [-0.05, 0) is 6.42 Å². The number of rotatable bonds is 5. The minimum atomic E-state index is 0.204. The number of morpholine rings is 1. The van der Waals surface area contributed by atoms with Crippen molar-refractivity contribution >= 4 is 5.91 Å². The van der Waals surface area contributed by atoms with Gasteiger partial charge in [-0.3, -0.25) is 4.79 Å². The molecule has 88 valence electrons. The molecular formula is C11H22N2O2. The maximum Gasteiger partial charge on any atom is 0.223 e. The molecule has 0 aromatic heterocycles. The summed E-state index contributed by atoms with van der Waals surface area (Å²) in [4.78, 5) is 13.6. The number of unbranched alkanes of at least 4 members (excludes halogenated alkanes) is 1. The first kappa shape index (κ1) is 12.5. The number of ether oxygens (including phenoxy) is 1. The molecule has 1 rings (SSSR count). The number of carbonyl (C=O) groups is 1. The Morgan fingerprint density at radius 3 is 3.00 bits per heavy atom. The van der Waals surface area contributed by atoms with E-state index < -0.39 is 0 Å². The fourth-order valence-corrected chi connectivity index (χ4v) is 1.64. The molecule has 1 atom stereocenters. The molecule has 1 N–H and O–H groups in total. The smallest absolute Gasteiger partial charge is 0.223 e. The molecule has 1 heterocycles. The van der Waals surface area contributed by atoms with Crippen LogP contribution in [0.1, 0.15) is 26.2 Å². The van der Waals surface area contributed by atoms with Gasteiger partial charge in [-0.25, -0.2) is 0 Å². The highest BCUT2D eigenvalue weighted by Crippen LogP contribution is 2.02. The van der Waals surface area contributed by atoms with Gasteiger partial charge in [-0.15, -0.1) is 0 Å². The van der Waals surface area contributed by atoms with Crippen LogP contribution in [0, 0.1) is 0 Å². The summed E-state index contributed by atoms with van der Waals surface area (Å²) in [6, 6.07) is 0.204. The maximum absolute atomic E-state index is 11.7. The normalized spacial score (nSPS) is 21.3. The molecule has 0 spiro atoms. The van der Waals surface area contributed by atoms with Gasteiger partial charge in [0.15, 0.2) is 0 Å². The molecule has 1 aliphatic heterocycles. The van der Waals surface area contributed by atoms with Crippen LogP contribution in [0.2, 0.25) is 0 Å². The average Bonchev–Trinajstić information content (AvgIpc) is 2.27. The highest BCUT2D eigenvalue weighted by molar-refractivity contribution is 5.76. The summed E-state index contributed by atoms with van der Waals surface area (Å²) in [5.74, 6) is 0.214. The predicted molar refractivity (Wildman–Crippen MR) is 59.8 cm³/mol. The lowest BCUT2D eigenvalue weighted by molar-refractivity contribution is -0.131. The molecule has 1 saturated heterocycles. The van der Waals surface area contributed by atoms with Gasteiger partial charge in [0.2, 0.25) is 5.91 Å². The number of nitrogens with zero attached hydrogens (tertiary/aromatic N) is 1. The van der Waals surface area contributed by atoms with Crippen LogP contribution in [-0.2, 0) is 9.53 Å². The Hall–Kier alpha value is -0.610. The van der Waals surface area contributed by atoms with Crippen LogP contribution >= 0.6 is 0 Å². The van der Waals surface area contributed by atoms with Crippen molar-refractivity contribution in [1.29, 1.82) is 0 Å². The zero-order valence-corrected chi connectivity index (χ0v) is 9.79. The summed E-state index contributed by atoms with van der Waals surface area (Å²) in [6.07, 6.45) is 2.76. The van der Waals surface area contributed by atoms with E-state index in [1.54, 1.807) is 0 Å². The molecule has 0 aromatic rings. The number of hydrogen-bond acceptors (Lipinski definition) is 3. The first-order valence-electron chi connectivity index (χ1n) is 5.79. The Kier molecular flexibility index (Phi) is 5.65. The summed E-state index contributed by atoms with van der Waals surface area (Å²) >= 11 is 0. The lowest BCUT2D eigenvalue weighted by Gasteiger charge is -2.25. The van der Waals surface area contributed by atoms with Crippen molar-refractivity contribution in [3.8, 4) is 0 Å². The van der Waals surface area contributed by atoms with Crippen LogP contribution in [0.4, 0.5) is 0 Å². The highest BCUT2D eigenvalue weighted by Gasteiger charge is 2.18. The zero-order chi connectivity index (χ0) is 11.1.